The zero-order valence-electron chi connectivity index (χ0n) is 11.3. The molecule has 1 aromatic rings. The number of nitrogens with zero attached hydrogens (tertiary/aromatic N) is 1. The number of benzene rings is 1. The summed E-state index contributed by atoms with van der Waals surface area (Å²) in [4.78, 5) is 2.58. The van der Waals surface area contributed by atoms with E-state index in [1.165, 1.54) is 24.8 Å². The van der Waals surface area contributed by atoms with E-state index in [-0.39, 0.29) is 0 Å². The van der Waals surface area contributed by atoms with Crippen molar-refractivity contribution in [1.29, 1.82) is 0 Å². The smallest absolute Gasteiger partial charge is 0.118 e. The van der Waals surface area contributed by atoms with Gasteiger partial charge >= 0.3 is 0 Å². The van der Waals surface area contributed by atoms with E-state index in [9.17, 15) is 0 Å². The highest BCUT2D eigenvalue weighted by Gasteiger charge is 2.24. The number of ether oxygens (including phenoxy) is 1. The van der Waals surface area contributed by atoms with E-state index in [4.69, 9.17) is 10.5 Å². The van der Waals surface area contributed by atoms with E-state index in [1.807, 2.05) is 12.1 Å². The molecule has 0 bridgehead atoms. The largest absolute Gasteiger partial charge is 0.497 e. The highest BCUT2D eigenvalue weighted by Crippen LogP contribution is 2.26. The summed E-state index contributed by atoms with van der Waals surface area (Å²) in [6.07, 6.45) is 5.17. The summed E-state index contributed by atoms with van der Waals surface area (Å²) >= 11 is 0. The topological polar surface area (TPSA) is 38.5 Å². The normalized spacial score (nSPS) is 15.7. The average Bonchev–Trinajstić information content (AvgIpc) is 2.34. The Kier molecular flexibility index (Phi) is 5.02. The summed E-state index contributed by atoms with van der Waals surface area (Å²) in [6.45, 7) is 2.94. The molecule has 1 aliphatic rings. The van der Waals surface area contributed by atoms with Gasteiger partial charge < -0.3 is 10.5 Å². The Bertz CT molecular complexity index is 346. The Morgan fingerprint density at radius 3 is 2.50 bits per heavy atom. The predicted octanol–water partition coefficient (Wildman–Crippen LogP) is 2.40. The van der Waals surface area contributed by atoms with E-state index >= 15 is 0 Å². The minimum Gasteiger partial charge on any atom is -0.497 e. The molecule has 1 fully saturated rings. The molecule has 2 rings (SSSR count). The van der Waals surface area contributed by atoms with Crippen LogP contribution in [0.5, 0.6) is 5.75 Å². The van der Waals surface area contributed by atoms with Crippen LogP contribution >= 0.6 is 0 Å². The molecule has 0 spiro atoms. The van der Waals surface area contributed by atoms with Crippen LogP contribution in [0.1, 0.15) is 31.2 Å². The van der Waals surface area contributed by atoms with Crippen LogP contribution in [-0.4, -0.2) is 31.1 Å². The highest BCUT2D eigenvalue weighted by atomic mass is 16.5. The highest BCUT2D eigenvalue weighted by molar-refractivity contribution is 5.27. The Hall–Kier alpha value is -1.06. The van der Waals surface area contributed by atoms with Gasteiger partial charge in [-0.05, 0) is 50.0 Å². The van der Waals surface area contributed by atoms with Crippen molar-refractivity contribution >= 4 is 0 Å². The van der Waals surface area contributed by atoms with Crippen molar-refractivity contribution in [1.82, 2.24) is 4.90 Å². The quantitative estimate of drug-likeness (QED) is 0.805. The van der Waals surface area contributed by atoms with Crippen molar-refractivity contribution in [2.24, 2.45) is 5.73 Å². The Morgan fingerprint density at radius 2 is 2.00 bits per heavy atom. The lowest BCUT2D eigenvalue weighted by Gasteiger charge is -2.37. The summed E-state index contributed by atoms with van der Waals surface area (Å²) in [5, 5.41) is 0. The molecule has 100 valence electrons. The fraction of sp³-hybridized carbons (Fsp3) is 0.600. The van der Waals surface area contributed by atoms with Gasteiger partial charge in [0.1, 0.15) is 5.75 Å². The monoisotopic (exact) mass is 248 g/mol. The molecule has 1 aliphatic carbocycles. The second kappa shape index (κ2) is 6.76. The molecule has 0 saturated heterocycles. The van der Waals surface area contributed by atoms with Crippen molar-refractivity contribution in [3.63, 3.8) is 0 Å². The van der Waals surface area contributed by atoms with Gasteiger partial charge in [-0.2, -0.15) is 0 Å². The number of hydrogen-bond acceptors (Lipinski definition) is 3. The summed E-state index contributed by atoms with van der Waals surface area (Å²) in [5.74, 6) is 0.927. The van der Waals surface area contributed by atoms with Crippen LogP contribution in [0.2, 0.25) is 0 Å². The van der Waals surface area contributed by atoms with Crippen LogP contribution in [0.15, 0.2) is 24.3 Å². The Morgan fingerprint density at radius 1 is 1.28 bits per heavy atom. The molecule has 0 aromatic heterocycles. The predicted molar refractivity (Wildman–Crippen MR) is 74.7 cm³/mol. The number of hydrogen-bond donors (Lipinski definition) is 1. The summed E-state index contributed by atoms with van der Waals surface area (Å²) in [6, 6.07) is 9.17. The minimum atomic E-state index is 0.777. The molecule has 18 heavy (non-hydrogen) atoms. The van der Waals surface area contributed by atoms with Crippen LogP contribution in [0.25, 0.3) is 0 Å². The average molecular weight is 248 g/mol. The minimum absolute atomic E-state index is 0.777. The van der Waals surface area contributed by atoms with Gasteiger partial charge in [-0.25, -0.2) is 0 Å². The summed E-state index contributed by atoms with van der Waals surface area (Å²) in [5.41, 5.74) is 6.99. The van der Waals surface area contributed by atoms with Gasteiger partial charge in [-0.3, -0.25) is 4.90 Å². The molecule has 0 unspecified atom stereocenters. The standard InChI is InChI=1S/C15H24N2O/c1-18-15-8-6-13(7-9-15)12-17(11-3-10-16)14-4-2-5-14/h6-9,14H,2-5,10-12,16H2,1H3. The molecule has 0 amide bonds. The fourth-order valence-electron chi connectivity index (χ4n) is 2.40. The molecular weight excluding hydrogens is 224 g/mol. The lowest BCUT2D eigenvalue weighted by molar-refractivity contribution is 0.118. The third-order valence-electron chi connectivity index (χ3n) is 3.79. The second-order valence-corrected chi connectivity index (χ2v) is 5.05. The zero-order chi connectivity index (χ0) is 12.8. The van der Waals surface area contributed by atoms with Crippen LogP contribution in [0, 0.1) is 0 Å². The number of methoxy groups -OCH3 is 1. The van der Waals surface area contributed by atoms with Crippen molar-refractivity contribution in [3.8, 4) is 5.75 Å². The molecule has 0 heterocycles. The van der Waals surface area contributed by atoms with E-state index in [1.54, 1.807) is 7.11 Å². The molecule has 0 aliphatic heterocycles. The first-order valence-corrected chi connectivity index (χ1v) is 6.90. The van der Waals surface area contributed by atoms with E-state index in [0.29, 0.717) is 0 Å². The third kappa shape index (κ3) is 3.47. The Labute approximate surface area is 110 Å². The molecule has 0 atom stereocenters. The van der Waals surface area contributed by atoms with Crippen molar-refractivity contribution < 1.29 is 4.74 Å². The maximum Gasteiger partial charge on any atom is 0.118 e. The molecule has 1 aromatic carbocycles. The van der Waals surface area contributed by atoms with Gasteiger partial charge in [0, 0.05) is 12.6 Å². The SMILES string of the molecule is COc1ccc(CN(CCCN)C2CCC2)cc1. The molecule has 2 N–H and O–H groups in total. The van der Waals surface area contributed by atoms with Gasteiger partial charge in [0.05, 0.1) is 7.11 Å². The van der Waals surface area contributed by atoms with E-state index in [2.05, 4.69) is 17.0 Å². The van der Waals surface area contributed by atoms with Crippen LogP contribution in [0.4, 0.5) is 0 Å². The zero-order valence-corrected chi connectivity index (χ0v) is 11.3. The molecule has 3 nitrogen and oxygen atoms in total. The van der Waals surface area contributed by atoms with Crippen molar-refractivity contribution in [2.75, 3.05) is 20.2 Å². The second-order valence-electron chi connectivity index (χ2n) is 5.05. The van der Waals surface area contributed by atoms with Crippen molar-refractivity contribution in [3.05, 3.63) is 29.8 Å². The van der Waals surface area contributed by atoms with Crippen LogP contribution < -0.4 is 10.5 Å². The van der Waals surface area contributed by atoms with Gasteiger partial charge in [-0.1, -0.05) is 18.6 Å². The van der Waals surface area contributed by atoms with E-state index < -0.39 is 0 Å². The molecule has 3 heteroatoms. The molecule has 1 saturated carbocycles. The van der Waals surface area contributed by atoms with Gasteiger partial charge in [-0.15, -0.1) is 0 Å². The van der Waals surface area contributed by atoms with Gasteiger partial charge in [0.25, 0.3) is 0 Å². The summed E-state index contributed by atoms with van der Waals surface area (Å²) < 4.78 is 5.19. The molecular formula is C15H24N2O. The first kappa shape index (κ1) is 13.4. The van der Waals surface area contributed by atoms with Crippen molar-refractivity contribution in [2.45, 2.75) is 38.3 Å². The maximum absolute atomic E-state index is 5.62. The maximum atomic E-state index is 5.62. The summed E-state index contributed by atoms with van der Waals surface area (Å²) in [7, 11) is 1.71. The van der Waals surface area contributed by atoms with Crippen LogP contribution in [0.3, 0.4) is 0 Å². The Balaban J connectivity index is 1.93. The van der Waals surface area contributed by atoms with E-state index in [0.717, 1.165) is 37.8 Å². The fourth-order valence-corrected chi connectivity index (χ4v) is 2.40. The third-order valence-corrected chi connectivity index (χ3v) is 3.79. The molecule has 0 radical (unpaired) electrons. The lowest BCUT2D eigenvalue weighted by Crippen LogP contribution is -2.40. The number of rotatable bonds is 7. The van der Waals surface area contributed by atoms with Crippen LogP contribution in [-0.2, 0) is 6.54 Å². The first-order valence-electron chi connectivity index (χ1n) is 6.90. The van der Waals surface area contributed by atoms with Gasteiger partial charge in [0.2, 0.25) is 0 Å². The first-order chi connectivity index (χ1) is 8.83. The van der Waals surface area contributed by atoms with Gasteiger partial charge in [0.15, 0.2) is 0 Å². The number of nitrogens with two attached hydrogens (primary N) is 1. The lowest BCUT2D eigenvalue weighted by atomic mass is 9.91.